The Kier molecular flexibility index (Phi) is 5.07. The number of hydrogen-bond acceptors (Lipinski definition) is 3. The molecular formula is C14H14ClF3O3. The molecule has 1 aromatic carbocycles. The summed E-state index contributed by atoms with van der Waals surface area (Å²) in [4.78, 5) is 10.8. The van der Waals surface area contributed by atoms with Gasteiger partial charge in [-0.1, -0.05) is 37.2 Å². The third-order valence-electron chi connectivity index (χ3n) is 3.33. The first-order chi connectivity index (χ1) is 9.60. The van der Waals surface area contributed by atoms with Gasteiger partial charge in [-0.05, 0) is 11.6 Å². The van der Waals surface area contributed by atoms with Crippen molar-refractivity contribution in [3.8, 4) is 5.75 Å². The molecule has 0 amide bonds. The van der Waals surface area contributed by atoms with Gasteiger partial charge in [0.15, 0.2) is 6.29 Å². The van der Waals surface area contributed by atoms with Crippen molar-refractivity contribution in [3.05, 3.63) is 35.4 Å². The fourth-order valence-corrected chi connectivity index (χ4v) is 2.13. The lowest BCUT2D eigenvalue weighted by atomic mass is 9.81. The second-order valence-electron chi connectivity index (χ2n) is 4.51. The zero-order chi connectivity index (χ0) is 16.4. The third-order valence-corrected chi connectivity index (χ3v) is 3.63. The van der Waals surface area contributed by atoms with Crippen LogP contribution in [-0.2, 0) is 4.79 Å². The summed E-state index contributed by atoms with van der Waals surface area (Å²) in [6, 6.07) is 4.45. The number of hydrogen-bond donors (Lipinski definition) is 1. The van der Waals surface area contributed by atoms with Gasteiger partial charge in [0.25, 0.3) is 0 Å². The van der Waals surface area contributed by atoms with E-state index >= 15 is 0 Å². The van der Waals surface area contributed by atoms with E-state index in [4.69, 9.17) is 16.3 Å². The number of aliphatic hydroxyl groups is 1. The van der Waals surface area contributed by atoms with Crippen LogP contribution in [0.5, 0.6) is 5.75 Å². The molecular weight excluding hydrogens is 309 g/mol. The van der Waals surface area contributed by atoms with Crippen molar-refractivity contribution < 1.29 is 27.8 Å². The first kappa shape index (κ1) is 17.5. The van der Waals surface area contributed by atoms with E-state index in [1.165, 1.54) is 25.3 Å². The van der Waals surface area contributed by atoms with Gasteiger partial charge in [-0.15, -0.1) is 0 Å². The van der Waals surface area contributed by atoms with Crippen LogP contribution >= 0.6 is 11.6 Å². The molecule has 0 spiro atoms. The summed E-state index contributed by atoms with van der Waals surface area (Å²) in [5.41, 5.74) is -3.44. The summed E-state index contributed by atoms with van der Waals surface area (Å²) in [5, 5.41) is 9.85. The van der Waals surface area contributed by atoms with Gasteiger partial charge in [-0.3, -0.25) is 4.79 Å². The number of halogens is 4. The van der Waals surface area contributed by atoms with Crippen LogP contribution in [0.15, 0.2) is 24.8 Å². The molecule has 116 valence electrons. The second-order valence-corrected chi connectivity index (χ2v) is 4.92. The molecule has 0 fully saturated rings. The highest BCUT2D eigenvalue weighted by atomic mass is 35.5. The lowest BCUT2D eigenvalue weighted by Crippen LogP contribution is -2.52. The highest BCUT2D eigenvalue weighted by molar-refractivity contribution is 6.32. The van der Waals surface area contributed by atoms with Crippen LogP contribution in [0, 0.1) is 5.92 Å². The molecule has 0 heterocycles. The summed E-state index contributed by atoms with van der Waals surface area (Å²) in [6.07, 6.45) is -5.65. The summed E-state index contributed by atoms with van der Waals surface area (Å²) in [7, 11) is 1.30. The molecule has 0 aliphatic carbocycles. The Morgan fingerprint density at radius 1 is 1.48 bits per heavy atom. The van der Waals surface area contributed by atoms with Crippen LogP contribution < -0.4 is 4.74 Å². The van der Waals surface area contributed by atoms with Gasteiger partial charge in [0.2, 0.25) is 5.60 Å². The zero-order valence-electron chi connectivity index (χ0n) is 11.4. The first-order valence-electron chi connectivity index (χ1n) is 5.87. The predicted molar refractivity (Wildman–Crippen MR) is 73.3 cm³/mol. The molecule has 1 rings (SSSR count). The maximum Gasteiger partial charge on any atom is 0.424 e. The molecule has 0 radical (unpaired) electrons. The monoisotopic (exact) mass is 322 g/mol. The Balaban J connectivity index is 3.32. The molecule has 0 bridgehead atoms. The van der Waals surface area contributed by atoms with Gasteiger partial charge in [0.1, 0.15) is 5.75 Å². The molecule has 2 atom stereocenters. The van der Waals surface area contributed by atoms with E-state index in [0.29, 0.717) is 0 Å². The minimum atomic E-state index is -5.12. The fraction of sp³-hybridized carbons (Fsp3) is 0.357. The van der Waals surface area contributed by atoms with Crippen LogP contribution in [0.25, 0.3) is 5.57 Å². The van der Waals surface area contributed by atoms with E-state index in [1.807, 2.05) is 0 Å². The van der Waals surface area contributed by atoms with Gasteiger partial charge in [-0.25, -0.2) is 0 Å². The Morgan fingerprint density at radius 2 is 2.05 bits per heavy atom. The summed E-state index contributed by atoms with van der Waals surface area (Å²) >= 11 is 5.90. The van der Waals surface area contributed by atoms with Gasteiger partial charge in [0, 0.05) is 11.5 Å². The number of para-hydroxylation sites is 1. The topological polar surface area (TPSA) is 46.5 Å². The average Bonchev–Trinajstić information content (AvgIpc) is 2.43. The van der Waals surface area contributed by atoms with Crippen molar-refractivity contribution in [1.29, 1.82) is 0 Å². The lowest BCUT2D eigenvalue weighted by Gasteiger charge is -2.32. The van der Waals surface area contributed by atoms with Crippen molar-refractivity contribution in [2.24, 2.45) is 5.92 Å². The molecule has 0 aliphatic rings. The van der Waals surface area contributed by atoms with Crippen LogP contribution in [0.3, 0.4) is 0 Å². The molecule has 0 aromatic heterocycles. The number of alkyl halides is 3. The van der Waals surface area contributed by atoms with E-state index in [9.17, 15) is 23.1 Å². The minimum Gasteiger partial charge on any atom is -0.495 e. The number of carbonyl (C=O) groups is 1. The van der Waals surface area contributed by atoms with Crippen LogP contribution in [-0.4, -0.2) is 30.3 Å². The Bertz CT molecular complexity index is 557. The fourth-order valence-electron chi connectivity index (χ4n) is 1.88. The van der Waals surface area contributed by atoms with Gasteiger partial charge in [0.05, 0.1) is 12.1 Å². The summed E-state index contributed by atoms with van der Waals surface area (Å²) in [5.74, 6) is -1.48. The van der Waals surface area contributed by atoms with Crippen LogP contribution in [0.2, 0.25) is 5.02 Å². The molecule has 7 heteroatoms. The largest absolute Gasteiger partial charge is 0.495 e. The molecule has 0 aliphatic heterocycles. The predicted octanol–water partition coefficient (Wildman–Crippen LogP) is 3.49. The van der Waals surface area contributed by atoms with Gasteiger partial charge in [-0.2, -0.15) is 13.2 Å². The highest BCUT2D eigenvalue weighted by Gasteiger charge is 2.58. The van der Waals surface area contributed by atoms with Gasteiger partial charge < -0.3 is 9.84 Å². The summed E-state index contributed by atoms with van der Waals surface area (Å²) in [6.45, 7) is 4.60. The summed E-state index contributed by atoms with van der Waals surface area (Å²) < 4.78 is 43.8. The quantitative estimate of drug-likeness (QED) is 0.844. The number of carbonyl (C=O) groups excluding carboxylic acids is 1. The minimum absolute atomic E-state index is 0.110. The Hall–Kier alpha value is -1.53. The van der Waals surface area contributed by atoms with Crippen molar-refractivity contribution in [2.45, 2.75) is 18.7 Å². The highest BCUT2D eigenvalue weighted by Crippen LogP contribution is 2.43. The third kappa shape index (κ3) is 3.06. The zero-order valence-corrected chi connectivity index (χ0v) is 12.1. The Labute approximate surface area is 125 Å². The van der Waals surface area contributed by atoms with Crippen molar-refractivity contribution in [3.63, 3.8) is 0 Å². The first-order valence-corrected chi connectivity index (χ1v) is 6.25. The van der Waals surface area contributed by atoms with Crippen molar-refractivity contribution >= 4 is 23.5 Å². The number of rotatable bonds is 5. The van der Waals surface area contributed by atoms with E-state index in [2.05, 4.69) is 6.58 Å². The van der Waals surface area contributed by atoms with E-state index < -0.39 is 24.0 Å². The average molecular weight is 323 g/mol. The molecule has 3 nitrogen and oxygen atoms in total. The lowest BCUT2D eigenvalue weighted by molar-refractivity contribution is -0.253. The van der Waals surface area contributed by atoms with E-state index in [0.717, 1.165) is 6.92 Å². The SMILES string of the molecule is C=C(c1cccc(Cl)c1OC)C(C)C(O)(C=O)C(F)(F)F. The smallest absolute Gasteiger partial charge is 0.424 e. The Morgan fingerprint density at radius 3 is 2.48 bits per heavy atom. The van der Waals surface area contributed by atoms with Crippen molar-refractivity contribution in [1.82, 2.24) is 0 Å². The standard InChI is InChI=1S/C14H14ClF3O3/c1-8(9(2)13(20,7-19)14(16,17)18)10-5-4-6-11(15)12(10)21-3/h4-7,9,20H,1H2,2-3H3. The number of benzene rings is 1. The van der Waals surface area contributed by atoms with Crippen LogP contribution in [0.4, 0.5) is 13.2 Å². The van der Waals surface area contributed by atoms with Gasteiger partial charge >= 0.3 is 6.18 Å². The molecule has 1 aromatic rings. The number of ether oxygens (including phenoxy) is 1. The second kappa shape index (κ2) is 6.07. The molecule has 2 unspecified atom stereocenters. The van der Waals surface area contributed by atoms with Crippen LogP contribution in [0.1, 0.15) is 12.5 Å². The number of methoxy groups -OCH3 is 1. The molecule has 0 saturated heterocycles. The van der Waals surface area contributed by atoms with E-state index in [-0.39, 0.29) is 21.9 Å². The number of aldehydes is 1. The normalized spacial score (nSPS) is 16.0. The van der Waals surface area contributed by atoms with E-state index in [1.54, 1.807) is 0 Å². The maximum atomic E-state index is 12.9. The molecule has 0 saturated carbocycles. The molecule has 1 N–H and O–H groups in total. The maximum absolute atomic E-state index is 12.9. The molecule has 21 heavy (non-hydrogen) atoms. The van der Waals surface area contributed by atoms with Crippen molar-refractivity contribution in [2.75, 3.05) is 7.11 Å².